The molecule has 0 bridgehead atoms. The number of benzene rings is 1. The molecule has 6 nitrogen and oxygen atoms in total. The van der Waals surface area contributed by atoms with Crippen molar-refractivity contribution in [1.82, 2.24) is 5.32 Å². The Bertz CT molecular complexity index is 455. The molecule has 0 unspecified atom stereocenters. The van der Waals surface area contributed by atoms with Gasteiger partial charge in [0, 0.05) is 0 Å². The van der Waals surface area contributed by atoms with Gasteiger partial charge in [-0.1, -0.05) is 19.1 Å². The van der Waals surface area contributed by atoms with E-state index in [0.717, 1.165) is 12.0 Å². The zero-order valence-corrected chi connectivity index (χ0v) is 11.5. The summed E-state index contributed by atoms with van der Waals surface area (Å²) in [5, 5.41) is 20.3. The lowest BCUT2D eigenvalue weighted by atomic mass is 10.2. The molecule has 0 heterocycles. The van der Waals surface area contributed by atoms with Gasteiger partial charge in [0.2, 0.25) is 0 Å². The normalized spacial score (nSPS) is 13.3. The first kappa shape index (κ1) is 16.0. The summed E-state index contributed by atoms with van der Waals surface area (Å²) in [6.07, 6.45) is -0.268. The Morgan fingerprint density at radius 3 is 2.35 bits per heavy atom. The van der Waals surface area contributed by atoms with Crippen LogP contribution in [-0.4, -0.2) is 40.8 Å². The minimum absolute atomic E-state index is 0.304. The van der Waals surface area contributed by atoms with E-state index < -0.39 is 24.0 Å². The van der Waals surface area contributed by atoms with E-state index in [1.807, 2.05) is 19.1 Å². The number of rotatable bonds is 7. The molecule has 0 saturated heterocycles. The summed E-state index contributed by atoms with van der Waals surface area (Å²) in [7, 11) is 0. The van der Waals surface area contributed by atoms with Crippen LogP contribution in [0.3, 0.4) is 0 Å². The number of aliphatic hydroxyl groups is 1. The van der Waals surface area contributed by atoms with Gasteiger partial charge >= 0.3 is 5.97 Å². The number of carbonyl (C=O) groups is 2. The van der Waals surface area contributed by atoms with E-state index in [1.165, 1.54) is 6.92 Å². The standard InChI is InChI=1S/C14H19NO5/c1-3-10-4-6-11(7-5-10)20-8-12(17)15-13(9(2)16)14(18)19/h4-7,9,13,16H,3,8H2,1-2H3,(H,15,17)(H,18,19)/t9-,13+/m1/s1. The quantitative estimate of drug-likeness (QED) is 0.679. The molecular formula is C14H19NO5. The summed E-state index contributed by atoms with van der Waals surface area (Å²) in [6, 6.07) is 5.94. The summed E-state index contributed by atoms with van der Waals surface area (Å²) in [6.45, 7) is 3.02. The van der Waals surface area contributed by atoms with E-state index in [-0.39, 0.29) is 6.61 Å². The van der Waals surface area contributed by atoms with Gasteiger partial charge < -0.3 is 20.3 Å². The number of aliphatic carboxylic acids is 1. The van der Waals surface area contributed by atoms with Gasteiger partial charge in [0.05, 0.1) is 6.10 Å². The summed E-state index contributed by atoms with van der Waals surface area (Å²) in [5.74, 6) is -1.36. The Hall–Kier alpha value is -2.08. The number of nitrogens with one attached hydrogen (secondary N) is 1. The second-order valence-electron chi connectivity index (χ2n) is 4.41. The van der Waals surface area contributed by atoms with Gasteiger partial charge in [0.15, 0.2) is 12.6 Å². The third-order valence-electron chi connectivity index (χ3n) is 2.77. The van der Waals surface area contributed by atoms with Crippen molar-refractivity contribution in [2.45, 2.75) is 32.4 Å². The molecule has 0 fully saturated rings. The molecule has 0 aliphatic rings. The summed E-state index contributed by atoms with van der Waals surface area (Å²) in [5.41, 5.74) is 1.15. The molecule has 0 radical (unpaired) electrons. The number of ether oxygens (including phenoxy) is 1. The third kappa shape index (κ3) is 4.89. The Labute approximate surface area is 117 Å². The minimum atomic E-state index is -1.34. The fourth-order valence-electron chi connectivity index (χ4n) is 1.57. The molecule has 110 valence electrons. The van der Waals surface area contributed by atoms with Crippen molar-refractivity contribution in [3.63, 3.8) is 0 Å². The fourth-order valence-corrected chi connectivity index (χ4v) is 1.57. The van der Waals surface area contributed by atoms with Gasteiger partial charge in [-0.05, 0) is 31.0 Å². The lowest BCUT2D eigenvalue weighted by Crippen LogP contribution is -2.49. The monoisotopic (exact) mass is 281 g/mol. The van der Waals surface area contributed by atoms with Crippen molar-refractivity contribution in [1.29, 1.82) is 0 Å². The van der Waals surface area contributed by atoms with E-state index in [4.69, 9.17) is 9.84 Å². The van der Waals surface area contributed by atoms with Crippen LogP contribution in [0.2, 0.25) is 0 Å². The molecule has 0 aliphatic carbocycles. The first-order valence-electron chi connectivity index (χ1n) is 6.36. The number of amides is 1. The van der Waals surface area contributed by atoms with Crippen LogP contribution in [0.1, 0.15) is 19.4 Å². The van der Waals surface area contributed by atoms with Gasteiger partial charge in [0.25, 0.3) is 5.91 Å². The molecule has 1 aromatic carbocycles. The maximum absolute atomic E-state index is 11.5. The number of carboxylic acid groups (broad SMARTS) is 1. The van der Waals surface area contributed by atoms with E-state index in [0.29, 0.717) is 5.75 Å². The molecular weight excluding hydrogens is 262 g/mol. The van der Waals surface area contributed by atoms with Crippen LogP contribution in [0, 0.1) is 0 Å². The van der Waals surface area contributed by atoms with Crippen LogP contribution in [0.15, 0.2) is 24.3 Å². The predicted octanol–water partition coefficient (Wildman–Crippen LogP) is 0.578. The van der Waals surface area contributed by atoms with E-state index in [9.17, 15) is 14.7 Å². The van der Waals surface area contributed by atoms with Gasteiger partial charge in [-0.15, -0.1) is 0 Å². The van der Waals surface area contributed by atoms with Crippen molar-refractivity contribution >= 4 is 11.9 Å². The van der Waals surface area contributed by atoms with Gasteiger partial charge in [-0.25, -0.2) is 4.79 Å². The summed E-state index contributed by atoms with van der Waals surface area (Å²) < 4.78 is 5.24. The van der Waals surface area contributed by atoms with Crippen LogP contribution in [0.5, 0.6) is 5.75 Å². The summed E-state index contributed by atoms with van der Waals surface area (Å²) in [4.78, 5) is 22.4. The van der Waals surface area contributed by atoms with Gasteiger partial charge in [0.1, 0.15) is 5.75 Å². The zero-order chi connectivity index (χ0) is 15.1. The lowest BCUT2D eigenvalue weighted by molar-refractivity contribution is -0.145. The zero-order valence-electron chi connectivity index (χ0n) is 11.5. The molecule has 1 aromatic rings. The average Bonchev–Trinajstić information content (AvgIpc) is 2.42. The van der Waals surface area contributed by atoms with Crippen molar-refractivity contribution < 1.29 is 24.5 Å². The minimum Gasteiger partial charge on any atom is -0.484 e. The molecule has 20 heavy (non-hydrogen) atoms. The van der Waals surface area contributed by atoms with Crippen LogP contribution < -0.4 is 10.1 Å². The van der Waals surface area contributed by atoms with E-state index in [1.54, 1.807) is 12.1 Å². The van der Waals surface area contributed by atoms with Crippen molar-refractivity contribution in [2.75, 3.05) is 6.61 Å². The molecule has 0 spiro atoms. The molecule has 0 saturated carbocycles. The molecule has 0 aromatic heterocycles. The number of hydrogen-bond acceptors (Lipinski definition) is 4. The van der Waals surface area contributed by atoms with Crippen LogP contribution in [0.4, 0.5) is 0 Å². The Balaban J connectivity index is 2.47. The second-order valence-corrected chi connectivity index (χ2v) is 4.41. The number of aryl methyl sites for hydroxylation is 1. The highest BCUT2D eigenvalue weighted by Gasteiger charge is 2.24. The van der Waals surface area contributed by atoms with Crippen molar-refractivity contribution in [2.24, 2.45) is 0 Å². The van der Waals surface area contributed by atoms with Crippen molar-refractivity contribution in [3.8, 4) is 5.75 Å². The molecule has 1 amide bonds. The molecule has 2 atom stereocenters. The SMILES string of the molecule is CCc1ccc(OCC(=O)N[C@H](C(=O)O)[C@@H](C)O)cc1. The highest BCUT2D eigenvalue weighted by molar-refractivity contribution is 5.84. The van der Waals surface area contributed by atoms with Crippen LogP contribution >= 0.6 is 0 Å². The third-order valence-corrected chi connectivity index (χ3v) is 2.77. The smallest absolute Gasteiger partial charge is 0.328 e. The Kier molecular flexibility index (Phi) is 5.99. The average molecular weight is 281 g/mol. The van der Waals surface area contributed by atoms with Gasteiger partial charge in [-0.3, -0.25) is 4.79 Å². The number of carboxylic acids is 1. The topological polar surface area (TPSA) is 95.9 Å². The Morgan fingerprint density at radius 2 is 1.90 bits per heavy atom. The molecule has 3 N–H and O–H groups in total. The first-order chi connectivity index (χ1) is 9.43. The van der Waals surface area contributed by atoms with Crippen LogP contribution in [-0.2, 0) is 16.0 Å². The second kappa shape index (κ2) is 7.49. The van der Waals surface area contributed by atoms with E-state index in [2.05, 4.69) is 5.32 Å². The first-order valence-corrected chi connectivity index (χ1v) is 6.36. The van der Waals surface area contributed by atoms with E-state index >= 15 is 0 Å². The molecule has 0 aliphatic heterocycles. The highest BCUT2D eigenvalue weighted by Crippen LogP contribution is 2.12. The molecule has 1 rings (SSSR count). The number of hydrogen-bond donors (Lipinski definition) is 3. The maximum Gasteiger partial charge on any atom is 0.328 e. The van der Waals surface area contributed by atoms with Crippen molar-refractivity contribution in [3.05, 3.63) is 29.8 Å². The van der Waals surface area contributed by atoms with Gasteiger partial charge in [-0.2, -0.15) is 0 Å². The number of carbonyl (C=O) groups excluding carboxylic acids is 1. The Morgan fingerprint density at radius 1 is 1.30 bits per heavy atom. The largest absolute Gasteiger partial charge is 0.484 e. The lowest BCUT2D eigenvalue weighted by Gasteiger charge is -2.17. The van der Waals surface area contributed by atoms with Crippen LogP contribution in [0.25, 0.3) is 0 Å². The fraction of sp³-hybridized carbons (Fsp3) is 0.429. The number of aliphatic hydroxyl groups excluding tert-OH is 1. The molecule has 6 heteroatoms. The summed E-state index contributed by atoms with van der Waals surface area (Å²) >= 11 is 0. The maximum atomic E-state index is 11.5. The highest BCUT2D eigenvalue weighted by atomic mass is 16.5. The predicted molar refractivity (Wildman–Crippen MR) is 72.6 cm³/mol.